The fraction of sp³-hybridized carbons (Fsp3) is 0.435. The van der Waals surface area contributed by atoms with Gasteiger partial charge in [-0.2, -0.15) is 0 Å². The molecule has 1 saturated heterocycles. The van der Waals surface area contributed by atoms with Crippen LogP contribution in [0.15, 0.2) is 48.8 Å². The van der Waals surface area contributed by atoms with Crippen molar-refractivity contribution in [3.63, 3.8) is 0 Å². The number of para-hydroxylation sites is 1. The monoisotopic (exact) mass is 411 g/mol. The standard InChI is InChI=1S/C23H29N3O4/c1-3-20(17-8-12-24-13-9-17)25-23(28)19-6-4-5-7-21(19)30-18-10-14-26(15-11-18)22(27)16-29-2/h4-9,12-13,18,20H,3,10-11,14-16H2,1-2H3,(H,25,28). The third-order valence-electron chi connectivity index (χ3n) is 5.31. The predicted molar refractivity (Wildman–Crippen MR) is 113 cm³/mol. The molecule has 0 radical (unpaired) electrons. The van der Waals surface area contributed by atoms with Crippen LogP contribution in [0.4, 0.5) is 0 Å². The molecule has 1 aliphatic rings. The quantitative estimate of drug-likeness (QED) is 0.722. The SMILES string of the molecule is CCC(NC(=O)c1ccccc1OC1CCN(C(=O)COC)CC1)c1ccncc1. The lowest BCUT2D eigenvalue weighted by molar-refractivity contribution is -0.136. The van der Waals surface area contributed by atoms with Crippen LogP contribution in [0.1, 0.15) is 48.1 Å². The number of hydrogen-bond acceptors (Lipinski definition) is 5. The molecule has 1 fully saturated rings. The van der Waals surface area contributed by atoms with Crippen LogP contribution in [0.2, 0.25) is 0 Å². The first-order chi connectivity index (χ1) is 14.6. The summed E-state index contributed by atoms with van der Waals surface area (Å²) in [6.07, 6.45) is 5.63. The fourth-order valence-corrected chi connectivity index (χ4v) is 3.63. The Bertz CT molecular complexity index is 835. The average molecular weight is 412 g/mol. The van der Waals surface area contributed by atoms with Crippen molar-refractivity contribution >= 4 is 11.8 Å². The number of carbonyl (C=O) groups is 2. The Morgan fingerprint density at radius 1 is 1.17 bits per heavy atom. The highest BCUT2D eigenvalue weighted by Crippen LogP contribution is 2.25. The maximum absolute atomic E-state index is 13.0. The van der Waals surface area contributed by atoms with Gasteiger partial charge in [0.15, 0.2) is 0 Å². The Balaban J connectivity index is 1.63. The van der Waals surface area contributed by atoms with E-state index in [1.54, 1.807) is 23.4 Å². The summed E-state index contributed by atoms with van der Waals surface area (Å²) >= 11 is 0. The van der Waals surface area contributed by atoms with Gasteiger partial charge in [-0.3, -0.25) is 14.6 Å². The van der Waals surface area contributed by atoms with Gasteiger partial charge in [0, 0.05) is 45.4 Å². The first kappa shape index (κ1) is 21.8. The number of pyridine rings is 1. The summed E-state index contributed by atoms with van der Waals surface area (Å²) in [6, 6.07) is 11.0. The van der Waals surface area contributed by atoms with Crippen LogP contribution in [0.5, 0.6) is 5.75 Å². The number of rotatable bonds is 8. The molecule has 160 valence electrons. The second-order valence-electron chi connectivity index (χ2n) is 7.34. The number of methoxy groups -OCH3 is 1. The minimum atomic E-state index is -0.165. The number of aromatic nitrogens is 1. The summed E-state index contributed by atoms with van der Waals surface area (Å²) in [6.45, 7) is 3.39. The van der Waals surface area contributed by atoms with E-state index in [2.05, 4.69) is 10.3 Å². The van der Waals surface area contributed by atoms with E-state index >= 15 is 0 Å². The number of benzene rings is 1. The van der Waals surface area contributed by atoms with Crippen LogP contribution in [0.3, 0.4) is 0 Å². The molecule has 7 heteroatoms. The van der Waals surface area contributed by atoms with E-state index < -0.39 is 0 Å². The number of nitrogens with zero attached hydrogens (tertiary/aromatic N) is 2. The summed E-state index contributed by atoms with van der Waals surface area (Å²) < 4.78 is 11.1. The van der Waals surface area contributed by atoms with Gasteiger partial charge in [0.2, 0.25) is 5.91 Å². The second kappa shape index (κ2) is 10.7. The largest absolute Gasteiger partial charge is 0.489 e. The van der Waals surface area contributed by atoms with Crippen molar-refractivity contribution in [2.45, 2.75) is 38.3 Å². The van der Waals surface area contributed by atoms with Crippen molar-refractivity contribution in [2.75, 3.05) is 26.8 Å². The molecule has 1 N–H and O–H groups in total. The van der Waals surface area contributed by atoms with Crippen molar-refractivity contribution in [3.05, 3.63) is 59.9 Å². The molecule has 2 aromatic rings. The smallest absolute Gasteiger partial charge is 0.255 e. The van der Waals surface area contributed by atoms with Crippen LogP contribution >= 0.6 is 0 Å². The number of hydrogen-bond donors (Lipinski definition) is 1. The Morgan fingerprint density at radius 2 is 1.87 bits per heavy atom. The lowest BCUT2D eigenvalue weighted by Crippen LogP contribution is -2.43. The van der Waals surface area contributed by atoms with Gasteiger partial charge in [-0.15, -0.1) is 0 Å². The first-order valence-corrected chi connectivity index (χ1v) is 10.4. The molecule has 0 spiro atoms. The molecule has 3 rings (SSSR count). The van der Waals surface area contributed by atoms with E-state index in [9.17, 15) is 9.59 Å². The molecule has 1 aromatic carbocycles. The maximum Gasteiger partial charge on any atom is 0.255 e. The van der Waals surface area contributed by atoms with Crippen molar-refractivity contribution in [3.8, 4) is 5.75 Å². The number of nitrogens with one attached hydrogen (secondary N) is 1. The summed E-state index contributed by atoms with van der Waals surface area (Å²) in [5.41, 5.74) is 1.54. The van der Waals surface area contributed by atoms with E-state index in [0.717, 1.165) is 24.8 Å². The topological polar surface area (TPSA) is 80.8 Å². The Kier molecular flexibility index (Phi) is 7.79. The first-order valence-electron chi connectivity index (χ1n) is 10.4. The van der Waals surface area contributed by atoms with Crippen LogP contribution in [-0.4, -0.2) is 54.6 Å². The van der Waals surface area contributed by atoms with E-state index in [1.165, 1.54) is 7.11 Å². The third kappa shape index (κ3) is 5.57. The molecule has 1 unspecified atom stereocenters. The highest BCUT2D eigenvalue weighted by Gasteiger charge is 2.25. The number of carbonyl (C=O) groups excluding carboxylic acids is 2. The molecule has 0 bridgehead atoms. The number of piperidine rings is 1. The number of likely N-dealkylation sites (tertiary alicyclic amines) is 1. The molecule has 30 heavy (non-hydrogen) atoms. The highest BCUT2D eigenvalue weighted by atomic mass is 16.5. The van der Waals surface area contributed by atoms with Crippen molar-refractivity contribution in [1.29, 1.82) is 0 Å². The van der Waals surface area contributed by atoms with Gasteiger partial charge in [0.1, 0.15) is 18.5 Å². The van der Waals surface area contributed by atoms with Gasteiger partial charge in [-0.25, -0.2) is 0 Å². The summed E-state index contributed by atoms with van der Waals surface area (Å²) in [4.78, 5) is 30.8. The van der Waals surface area contributed by atoms with Crippen LogP contribution in [0, 0.1) is 0 Å². The molecule has 1 aliphatic heterocycles. The van der Waals surface area contributed by atoms with Crippen molar-refractivity contribution in [1.82, 2.24) is 15.2 Å². The van der Waals surface area contributed by atoms with Crippen LogP contribution < -0.4 is 10.1 Å². The van der Waals surface area contributed by atoms with Gasteiger partial charge in [-0.1, -0.05) is 19.1 Å². The van der Waals surface area contributed by atoms with Gasteiger partial charge >= 0.3 is 0 Å². The Labute approximate surface area is 177 Å². The maximum atomic E-state index is 13.0. The number of amides is 2. The van der Waals surface area contributed by atoms with Crippen LogP contribution in [0.25, 0.3) is 0 Å². The predicted octanol–water partition coefficient (Wildman–Crippen LogP) is 2.98. The molecule has 0 aliphatic carbocycles. The number of ether oxygens (including phenoxy) is 2. The molecule has 1 aromatic heterocycles. The van der Waals surface area contributed by atoms with Crippen LogP contribution in [-0.2, 0) is 9.53 Å². The van der Waals surface area contributed by atoms with Gasteiger partial charge in [0.05, 0.1) is 11.6 Å². The molecule has 2 heterocycles. The summed E-state index contributed by atoms with van der Waals surface area (Å²) in [5.74, 6) is 0.403. The highest BCUT2D eigenvalue weighted by molar-refractivity contribution is 5.97. The van der Waals surface area contributed by atoms with Gasteiger partial charge < -0.3 is 19.7 Å². The average Bonchev–Trinajstić information content (AvgIpc) is 2.79. The zero-order chi connectivity index (χ0) is 21.3. The van der Waals surface area contributed by atoms with E-state index in [-0.39, 0.29) is 30.6 Å². The zero-order valence-corrected chi connectivity index (χ0v) is 17.5. The van der Waals surface area contributed by atoms with E-state index in [1.807, 2.05) is 37.3 Å². The molecule has 1 atom stereocenters. The van der Waals surface area contributed by atoms with E-state index in [0.29, 0.717) is 24.4 Å². The normalized spacial score (nSPS) is 15.5. The third-order valence-corrected chi connectivity index (χ3v) is 5.31. The summed E-state index contributed by atoms with van der Waals surface area (Å²) in [5, 5.41) is 3.10. The van der Waals surface area contributed by atoms with E-state index in [4.69, 9.17) is 9.47 Å². The summed E-state index contributed by atoms with van der Waals surface area (Å²) in [7, 11) is 1.52. The zero-order valence-electron chi connectivity index (χ0n) is 17.5. The molecule has 0 saturated carbocycles. The van der Waals surface area contributed by atoms with Gasteiger partial charge in [-0.05, 0) is 36.2 Å². The fourth-order valence-electron chi connectivity index (χ4n) is 3.63. The minimum absolute atomic E-state index is 0.00236. The molecule has 2 amide bonds. The molecule has 7 nitrogen and oxygen atoms in total. The van der Waals surface area contributed by atoms with Crippen molar-refractivity contribution < 1.29 is 19.1 Å². The molecular weight excluding hydrogens is 382 g/mol. The minimum Gasteiger partial charge on any atom is -0.489 e. The lowest BCUT2D eigenvalue weighted by Gasteiger charge is -2.32. The van der Waals surface area contributed by atoms with Gasteiger partial charge in [0.25, 0.3) is 5.91 Å². The second-order valence-corrected chi connectivity index (χ2v) is 7.34. The Hall–Kier alpha value is -2.93. The molecular formula is C23H29N3O4. The van der Waals surface area contributed by atoms with Crippen molar-refractivity contribution in [2.24, 2.45) is 0 Å². The Morgan fingerprint density at radius 3 is 2.53 bits per heavy atom. The lowest BCUT2D eigenvalue weighted by atomic mass is 10.0.